The number of hydrogen-bond acceptors (Lipinski definition) is 5. The molecule has 156 valence electrons. The summed E-state index contributed by atoms with van der Waals surface area (Å²) in [6, 6.07) is 12.2. The number of carbonyl (C=O) groups is 3. The maximum atomic E-state index is 13.1. The summed E-state index contributed by atoms with van der Waals surface area (Å²) in [7, 11) is 0. The van der Waals surface area contributed by atoms with E-state index in [4.69, 9.17) is 11.6 Å². The monoisotopic (exact) mass is 431 g/mol. The summed E-state index contributed by atoms with van der Waals surface area (Å²) in [5.74, 6) is -3.21. The third-order valence-electron chi connectivity index (χ3n) is 5.03. The Kier molecular flexibility index (Phi) is 5.56. The molecule has 2 aromatic rings. The van der Waals surface area contributed by atoms with E-state index in [1.165, 1.54) is 24.3 Å². The molecule has 0 spiro atoms. The van der Waals surface area contributed by atoms with Crippen molar-refractivity contribution in [3.8, 4) is 0 Å². The van der Waals surface area contributed by atoms with Gasteiger partial charge in [0.2, 0.25) is 17.7 Å². The first kappa shape index (κ1) is 20.1. The molecule has 2 aliphatic rings. The zero-order chi connectivity index (χ0) is 21.3. The smallest absolute Gasteiger partial charge is 0.229 e. The first-order valence-corrected chi connectivity index (χ1v) is 9.71. The van der Waals surface area contributed by atoms with Gasteiger partial charge in [0.1, 0.15) is 5.82 Å². The van der Waals surface area contributed by atoms with Crippen molar-refractivity contribution in [3.05, 3.63) is 59.4 Å². The van der Waals surface area contributed by atoms with Crippen LogP contribution in [0, 0.1) is 17.7 Å². The topological polar surface area (TPSA) is 111 Å². The van der Waals surface area contributed by atoms with Gasteiger partial charge in [0.05, 0.1) is 18.0 Å². The number of halogens is 2. The van der Waals surface area contributed by atoms with Crippen LogP contribution in [0.25, 0.3) is 0 Å². The summed E-state index contributed by atoms with van der Waals surface area (Å²) in [6.07, 6.45) is -1.56. The van der Waals surface area contributed by atoms with E-state index in [-0.39, 0.29) is 24.1 Å². The minimum absolute atomic E-state index is 0.112. The van der Waals surface area contributed by atoms with Gasteiger partial charge in [-0.3, -0.25) is 19.7 Å². The number of fused-ring (bicyclic) bond motifs is 1. The summed E-state index contributed by atoms with van der Waals surface area (Å²) in [5.41, 5.74) is 1.06. The molecule has 3 amide bonds. The molecule has 2 heterocycles. The molecule has 2 saturated heterocycles. The van der Waals surface area contributed by atoms with Crippen LogP contribution >= 0.6 is 11.6 Å². The number of amides is 3. The molecule has 0 saturated carbocycles. The Labute approximate surface area is 176 Å². The van der Waals surface area contributed by atoms with Crippen molar-refractivity contribution in [3.63, 3.8) is 0 Å². The van der Waals surface area contributed by atoms with Crippen LogP contribution in [0.15, 0.2) is 48.5 Å². The second-order valence-electron chi connectivity index (χ2n) is 7.14. The Morgan fingerprint density at radius 2 is 1.83 bits per heavy atom. The molecule has 30 heavy (non-hydrogen) atoms. The molecule has 4 unspecified atom stereocenters. The molecule has 2 fully saturated rings. The standard InChI is InChI=1S/C20H19ClFN5O3/c21-10-2-1-3-13(8-10)23-18(29)14-9-15(28)25-17-16(14)19(30)27-20(26-17)24-12-6-4-11(22)5-7-12/h1-8,14,16-17,20,24,26H,9H2,(H,23,29)(H,25,28)(H,27,30). The van der Waals surface area contributed by atoms with Crippen molar-refractivity contribution >= 4 is 40.7 Å². The third kappa shape index (κ3) is 4.37. The van der Waals surface area contributed by atoms with E-state index in [1.807, 2.05) is 0 Å². The Bertz CT molecular complexity index is 987. The van der Waals surface area contributed by atoms with Crippen LogP contribution in [0.4, 0.5) is 15.8 Å². The fourth-order valence-electron chi connectivity index (χ4n) is 3.67. The lowest BCUT2D eigenvalue weighted by molar-refractivity contribution is -0.144. The highest BCUT2D eigenvalue weighted by Gasteiger charge is 2.48. The van der Waals surface area contributed by atoms with Crippen molar-refractivity contribution in [2.45, 2.75) is 18.9 Å². The summed E-state index contributed by atoms with van der Waals surface area (Å²) < 4.78 is 13.1. The van der Waals surface area contributed by atoms with Gasteiger partial charge in [0.15, 0.2) is 6.29 Å². The van der Waals surface area contributed by atoms with Gasteiger partial charge >= 0.3 is 0 Å². The molecule has 2 aromatic carbocycles. The van der Waals surface area contributed by atoms with Crippen molar-refractivity contribution < 1.29 is 18.8 Å². The van der Waals surface area contributed by atoms with Crippen LogP contribution < -0.4 is 26.6 Å². The van der Waals surface area contributed by atoms with E-state index in [0.717, 1.165) is 0 Å². The third-order valence-corrected chi connectivity index (χ3v) is 5.27. The number of benzene rings is 2. The van der Waals surface area contributed by atoms with Gasteiger partial charge in [0.25, 0.3) is 0 Å². The van der Waals surface area contributed by atoms with Gasteiger partial charge in [-0.2, -0.15) is 0 Å². The zero-order valence-electron chi connectivity index (χ0n) is 15.6. The maximum absolute atomic E-state index is 13.1. The lowest BCUT2D eigenvalue weighted by Gasteiger charge is -2.43. The number of anilines is 2. The summed E-state index contributed by atoms with van der Waals surface area (Å²) in [5, 5.41) is 14.7. The van der Waals surface area contributed by atoms with E-state index >= 15 is 0 Å². The highest BCUT2D eigenvalue weighted by Crippen LogP contribution is 2.28. The number of carbonyl (C=O) groups excluding carboxylic acids is 3. The molecule has 0 bridgehead atoms. The van der Waals surface area contributed by atoms with Gasteiger partial charge in [-0.15, -0.1) is 0 Å². The molecule has 0 aliphatic carbocycles. The molecule has 0 radical (unpaired) electrons. The normalized spacial score (nSPS) is 25.5. The largest absolute Gasteiger partial charge is 0.353 e. The van der Waals surface area contributed by atoms with E-state index in [0.29, 0.717) is 16.4 Å². The van der Waals surface area contributed by atoms with Crippen LogP contribution in [0.5, 0.6) is 0 Å². The first-order valence-electron chi connectivity index (χ1n) is 9.33. The number of hydrogen-bond donors (Lipinski definition) is 5. The van der Waals surface area contributed by atoms with Crippen molar-refractivity contribution in [1.29, 1.82) is 0 Å². The minimum atomic E-state index is -0.859. The quantitative estimate of drug-likeness (QED) is 0.505. The first-order chi connectivity index (χ1) is 14.4. The lowest BCUT2D eigenvalue weighted by atomic mass is 9.81. The average Bonchev–Trinajstić information content (AvgIpc) is 2.69. The highest BCUT2D eigenvalue weighted by atomic mass is 35.5. The molecule has 0 aromatic heterocycles. The zero-order valence-corrected chi connectivity index (χ0v) is 16.4. The van der Waals surface area contributed by atoms with Gasteiger partial charge in [0, 0.05) is 22.8 Å². The fourth-order valence-corrected chi connectivity index (χ4v) is 3.86. The predicted molar refractivity (Wildman–Crippen MR) is 109 cm³/mol. The van der Waals surface area contributed by atoms with Crippen LogP contribution in [-0.2, 0) is 14.4 Å². The number of rotatable bonds is 4. The van der Waals surface area contributed by atoms with Crippen molar-refractivity contribution in [2.24, 2.45) is 11.8 Å². The molecule has 10 heteroatoms. The Morgan fingerprint density at radius 1 is 1.07 bits per heavy atom. The molecular weight excluding hydrogens is 413 g/mol. The average molecular weight is 432 g/mol. The Morgan fingerprint density at radius 3 is 2.57 bits per heavy atom. The number of piperidine rings is 1. The lowest BCUT2D eigenvalue weighted by Crippen LogP contribution is -2.72. The molecule has 2 aliphatic heterocycles. The maximum Gasteiger partial charge on any atom is 0.229 e. The van der Waals surface area contributed by atoms with Gasteiger partial charge in [-0.1, -0.05) is 17.7 Å². The SMILES string of the molecule is O=C1CC(C(=O)Nc2cccc(Cl)c2)C2C(=O)NC(Nc3ccc(F)cc3)NC2N1. The van der Waals surface area contributed by atoms with Crippen molar-refractivity contribution in [2.75, 3.05) is 10.6 Å². The highest BCUT2D eigenvalue weighted by molar-refractivity contribution is 6.30. The van der Waals surface area contributed by atoms with Gasteiger partial charge < -0.3 is 21.3 Å². The van der Waals surface area contributed by atoms with Gasteiger partial charge in [-0.05, 0) is 42.5 Å². The summed E-state index contributed by atoms with van der Waals surface area (Å²) in [6.45, 7) is 0. The summed E-state index contributed by atoms with van der Waals surface area (Å²) >= 11 is 5.95. The molecule has 8 nitrogen and oxygen atoms in total. The Hall–Kier alpha value is -3.17. The van der Waals surface area contributed by atoms with E-state index in [2.05, 4.69) is 26.6 Å². The summed E-state index contributed by atoms with van der Waals surface area (Å²) in [4.78, 5) is 37.8. The fraction of sp³-hybridized carbons (Fsp3) is 0.250. The van der Waals surface area contributed by atoms with Crippen molar-refractivity contribution in [1.82, 2.24) is 16.0 Å². The molecular formula is C20H19ClFN5O3. The minimum Gasteiger partial charge on any atom is -0.353 e. The van der Waals surface area contributed by atoms with E-state index in [9.17, 15) is 18.8 Å². The second kappa shape index (κ2) is 8.29. The second-order valence-corrected chi connectivity index (χ2v) is 7.58. The molecule has 5 N–H and O–H groups in total. The molecule has 4 rings (SSSR count). The van der Waals surface area contributed by atoms with Crippen LogP contribution in [0.2, 0.25) is 5.02 Å². The van der Waals surface area contributed by atoms with Crippen LogP contribution in [0.3, 0.4) is 0 Å². The number of nitrogens with one attached hydrogen (secondary N) is 5. The predicted octanol–water partition coefficient (Wildman–Crippen LogP) is 1.61. The van der Waals surface area contributed by atoms with Crippen LogP contribution in [0.1, 0.15) is 6.42 Å². The molecule has 4 atom stereocenters. The van der Waals surface area contributed by atoms with E-state index < -0.39 is 30.2 Å². The van der Waals surface area contributed by atoms with Crippen LogP contribution in [-0.4, -0.2) is 30.2 Å². The Balaban J connectivity index is 1.48. The van der Waals surface area contributed by atoms with E-state index in [1.54, 1.807) is 24.3 Å². The van der Waals surface area contributed by atoms with Gasteiger partial charge in [-0.25, -0.2) is 4.39 Å².